The fraction of sp³-hybridized carbons (Fsp3) is 0.296. The van der Waals surface area contributed by atoms with Crippen LogP contribution in [0.4, 0.5) is 5.69 Å². The molecule has 1 aromatic heterocycles. The lowest BCUT2D eigenvalue weighted by Gasteiger charge is -2.25. The zero-order valence-electron chi connectivity index (χ0n) is 21.0. The smallest absolute Gasteiger partial charge is 0.338 e. The molecule has 0 aliphatic carbocycles. The number of carbonyl (C=O) groups excluding carboxylic acids is 1. The number of ether oxygens (including phenoxy) is 2. The third kappa shape index (κ3) is 5.39. The Bertz CT molecular complexity index is 1550. The van der Waals surface area contributed by atoms with Crippen LogP contribution < -0.4 is 19.6 Å². The van der Waals surface area contributed by atoms with Crippen LogP contribution in [-0.4, -0.2) is 28.2 Å². The van der Waals surface area contributed by atoms with Crippen molar-refractivity contribution in [1.29, 1.82) is 0 Å². The number of hydrogen-bond donors (Lipinski definition) is 0. The molecule has 2 heterocycles. The standard InChI is InChI=1S/C27H27N3O6S/c1-5-14-35-20-12-10-18(11-13-20)24-23(26(32)36-16(2)3)17(4)28-27-29(24)25(31)22(37-27)15-19-8-6-7-9-21(19)30(33)34/h6-13,15-16,24H,5,14H2,1-4H3/b22-15-. The summed E-state index contributed by atoms with van der Waals surface area (Å²) in [7, 11) is 0. The van der Waals surface area contributed by atoms with E-state index in [4.69, 9.17) is 9.47 Å². The van der Waals surface area contributed by atoms with Gasteiger partial charge >= 0.3 is 5.97 Å². The van der Waals surface area contributed by atoms with Crippen LogP contribution in [0, 0.1) is 10.1 Å². The lowest BCUT2D eigenvalue weighted by molar-refractivity contribution is -0.385. The summed E-state index contributed by atoms with van der Waals surface area (Å²) in [4.78, 5) is 42.8. The van der Waals surface area contributed by atoms with Crippen molar-refractivity contribution in [1.82, 2.24) is 4.57 Å². The molecule has 0 amide bonds. The van der Waals surface area contributed by atoms with E-state index in [1.807, 2.05) is 19.1 Å². The van der Waals surface area contributed by atoms with Gasteiger partial charge in [0.15, 0.2) is 4.80 Å². The Labute approximate surface area is 217 Å². The number of esters is 1. The molecule has 192 valence electrons. The molecule has 10 heteroatoms. The molecule has 0 radical (unpaired) electrons. The minimum Gasteiger partial charge on any atom is -0.494 e. The van der Waals surface area contributed by atoms with Gasteiger partial charge in [0, 0.05) is 6.07 Å². The van der Waals surface area contributed by atoms with Crippen LogP contribution in [0.25, 0.3) is 6.08 Å². The molecule has 37 heavy (non-hydrogen) atoms. The molecule has 3 aromatic rings. The van der Waals surface area contributed by atoms with Crippen molar-refractivity contribution in [3.05, 3.63) is 101 Å². The topological polar surface area (TPSA) is 113 Å². The summed E-state index contributed by atoms with van der Waals surface area (Å²) < 4.78 is 12.9. The normalized spacial score (nSPS) is 15.4. The van der Waals surface area contributed by atoms with E-state index >= 15 is 0 Å². The van der Waals surface area contributed by atoms with Gasteiger partial charge in [0.2, 0.25) is 0 Å². The first-order chi connectivity index (χ1) is 17.7. The van der Waals surface area contributed by atoms with Crippen LogP contribution in [-0.2, 0) is 9.53 Å². The quantitative estimate of drug-likeness (QED) is 0.253. The van der Waals surface area contributed by atoms with Crippen molar-refractivity contribution in [2.75, 3.05) is 6.61 Å². The van der Waals surface area contributed by atoms with Crippen molar-refractivity contribution >= 4 is 29.1 Å². The van der Waals surface area contributed by atoms with E-state index in [0.29, 0.717) is 34.0 Å². The first kappa shape index (κ1) is 26.0. The van der Waals surface area contributed by atoms with Gasteiger partial charge in [-0.2, -0.15) is 0 Å². The molecule has 0 saturated carbocycles. The first-order valence-corrected chi connectivity index (χ1v) is 12.7. The number of benzene rings is 2. The Balaban J connectivity index is 1.91. The molecular formula is C27H27N3O6S. The highest BCUT2D eigenvalue weighted by molar-refractivity contribution is 7.07. The van der Waals surface area contributed by atoms with Crippen LogP contribution in [0.3, 0.4) is 0 Å². The Morgan fingerprint density at radius 3 is 2.57 bits per heavy atom. The van der Waals surface area contributed by atoms with E-state index in [-0.39, 0.29) is 21.9 Å². The van der Waals surface area contributed by atoms with Crippen LogP contribution in [0.15, 0.2) is 69.6 Å². The number of para-hydroxylation sites is 1. The lowest BCUT2D eigenvalue weighted by Crippen LogP contribution is -2.40. The summed E-state index contributed by atoms with van der Waals surface area (Å²) in [6, 6.07) is 12.7. The van der Waals surface area contributed by atoms with Crippen LogP contribution in [0.1, 0.15) is 51.3 Å². The summed E-state index contributed by atoms with van der Waals surface area (Å²) in [5.41, 5.74) is 1.20. The van der Waals surface area contributed by atoms with Gasteiger partial charge < -0.3 is 9.47 Å². The highest BCUT2D eigenvalue weighted by Crippen LogP contribution is 2.32. The van der Waals surface area contributed by atoms with E-state index in [1.54, 1.807) is 51.1 Å². The maximum Gasteiger partial charge on any atom is 0.338 e. The fourth-order valence-corrected chi connectivity index (χ4v) is 5.10. The van der Waals surface area contributed by atoms with E-state index in [2.05, 4.69) is 4.99 Å². The molecule has 0 bridgehead atoms. The maximum absolute atomic E-state index is 13.7. The number of hydrogen-bond acceptors (Lipinski definition) is 8. The van der Waals surface area contributed by atoms with Crippen molar-refractivity contribution in [2.24, 2.45) is 4.99 Å². The van der Waals surface area contributed by atoms with Crippen LogP contribution in [0.5, 0.6) is 5.75 Å². The Hall–Kier alpha value is -4.05. The van der Waals surface area contributed by atoms with Gasteiger partial charge in [-0.15, -0.1) is 0 Å². The zero-order valence-corrected chi connectivity index (χ0v) is 21.8. The lowest BCUT2D eigenvalue weighted by atomic mass is 9.96. The number of fused-ring (bicyclic) bond motifs is 1. The second kappa shape index (κ2) is 10.9. The van der Waals surface area contributed by atoms with E-state index in [9.17, 15) is 19.7 Å². The Kier molecular flexibility index (Phi) is 7.68. The van der Waals surface area contributed by atoms with E-state index in [1.165, 1.54) is 16.7 Å². The second-order valence-corrected chi connectivity index (χ2v) is 9.78. The fourth-order valence-electron chi connectivity index (χ4n) is 4.06. The minimum atomic E-state index is -0.782. The van der Waals surface area contributed by atoms with Gasteiger partial charge in [-0.3, -0.25) is 19.5 Å². The monoisotopic (exact) mass is 521 g/mol. The zero-order chi connectivity index (χ0) is 26.7. The summed E-state index contributed by atoms with van der Waals surface area (Å²) in [6.07, 6.45) is 2.00. The molecule has 9 nitrogen and oxygen atoms in total. The van der Waals surface area contributed by atoms with Gasteiger partial charge in [0.1, 0.15) is 5.75 Å². The number of nitro benzene ring substituents is 1. The number of carbonyl (C=O) groups is 1. The molecule has 0 fully saturated rings. The number of aromatic nitrogens is 1. The molecule has 4 rings (SSSR count). The average molecular weight is 522 g/mol. The molecule has 1 aliphatic heterocycles. The largest absolute Gasteiger partial charge is 0.494 e. The van der Waals surface area contributed by atoms with Crippen molar-refractivity contribution in [3.63, 3.8) is 0 Å². The predicted molar refractivity (Wildman–Crippen MR) is 140 cm³/mol. The Morgan fingerprint density at radius 2 is 1.92 bits per heavy atom. The molecule has 2 aromatic carbocycles. The molecular weight excluding hydrogens is 494 g/mol. The summed E-state index contributed by atoms with van der Waals surface area (Å²) >= 11 is 1.12. The van der Waals surface area contributed by atoms with Crippen molar-refractivity contribution in [2.45, 2.75) is 46.3 Å². The molecule has 0 N–H and O–H groups in total. The summed E-state index contributed by atoms with van der Waals surface area (Å²) in [5.74, 6) is 0.127. The molecule has 1 aliphatic rings. The van der Waals surface area contributed by atoms with Gasteiger partial charge in [0.05, 0.1) is 45.0 Å². The highest BCUT2D eigenvalue weighted by Gasteiger charge is 2.34. The van der Waals surface area contributed by atoms with Gasteiger partial charge in [-0.05, 0) is 57.0 Å². The number of rotatable bonds is 8. The molecule has 0 saturated heterocycles. The third-order valence-electron chi connectivity index (χ3n) is 5.67. The maximum atomic E-state index is 13.7. The second-order valence-electron chi connectivity index (χ2n) is 8.77. The van der Waals surface area contributed by atoms with E-state index < -0.39 is 22.5 Å². The number of allylic oxidation sites excluding steroid dienone is 1. The van der Waals surface area contributed by atoms with Crippen molar-refractivity contribution in [3.8, 4) is 5.75 Å². The van der Waals surface area contributed by atoms with Crippen molar-refractivity contribution < 1.29 is 19.2 Å². The van der Waals surface area contributed by atoms with Crippen LogP contribution in [0.2, 0.25) is 0 Å². The average Bonchev–Trinajstić information content (AvgIpc) is 3.16. The van der Waals surface area contributed by atoms with Crippen LogP contribution >= 0.6 is 11.3 Å². The predicted octanol–water partition coefficient (Wildman–Crippen LogP) is 3.88. The molecule has 1 atom stereocenters. The number of thiazole rings is 1. The first-order valence-electron chi connectivity index (χ1n) is 11.9. The molecule has 1 unspecified atom stereocenters. The third-order valence-corrected chi connectivity index (χ3v) is 6.66. The minimum absolute atomic E-state index is 0.107. The number of nitro groups is 1. The number of nitrogens with zero attached hydrogens (tertiary/aromatic N) is 3. The van der Waals surface area contributed by atoms with Gasteiger partial charge in [-0.25, -0.2) is 9.79 Å². The highest BCUT2D eigenvalue weighted by atomic mass is 32.1. The van der Waals surface area contributed by atoms with E-state index in [0.717, 1.165) is 17.8 Å². The molecule has 0 spiro atoms. The van der Waals surface area contributed by atoms with Gasteiger partial charge in [0.25, 0.3) is 11.2 Å². The summed E-state index contributed by atoms with van der Waals surface area (Å²) in [5, 5.41) is 11.5. The summed E-state index contributed by atoms with van der Waals surface area (Å²) in [6.45, 7) is 7.81. The SMILES string of the molecule is CCCOc1ccc(C2C(C(=O)OC(C)C)=C(C)N=c3s/c(=C\c4ccccc4[N+](=O)[O-])c(=O)n32)cc1. The Morgan fingerprint density at radius 1 is 1.22 bits per heavy atom. The van der Waals surface area contributed by atoms with Gasteiger partial charge in [-0.1, -0.05) is 42.5 Å².